The van der Waals surface area contributed by atoms with Crippen molar-refractivity contribution in [1.29, 1.82) is 0 Å². The van der Waals surface area contributed by atoms with Crippen LogP contribution in [-0.2, 0) is 13.1 Å². The van der Waals surface area contributed by atoms with Gasteiger partial charge in [-0.2, -0.15) is 0 Å². The molecule has 0 N–H and O–H groups in total. The Bertz CT molecular complexity index is 691. The first-order valence-electron chi connectivity index (χ1n) is 6.64. The number of pyridine rings is 1. The fourth-order valence-electron chi connectivity index (χ4n) is 2.71. The van der Waals surface area contributed by atoms with Gasteiger partial charge in [0.15, 0.2) is 4.47 Å². The quantitative estimate of drug-likeness (QED) is 0.492. The molecule has 8 heteroatoms. The summed E-state index contributed by atoms with van der Waals surface area (Å²) in [5, 5.41) is 11.3. The van der Waals surface area contributed by atoms with E-state index in [1.807, 2.05) is 10.8 Å². The van der Waals surface area contributed by atoms with Crippen LogP contribution in [0.25, 0.3) is 0 Å². The number of hydrogen-bond donors (Lipinski definition) is 0. The van der Waals surface area contributed by atoms with Gasteiger partial charge >= 0.3 is 11.5 Å². The van der Waals surface area contributed by atoms with Gasteiger partial charge in [-0.1, -0.05) is 18.5 Å². The molecule has 0 saturated heterocycles. The van der Waals surface area contributed by atoms with Crippen molar-refractivity contribution in [3.05, 3.63) is 44.0 Å². The average Bonchev–Trinajstić information content (AvgIpc) is 3.03. The van der Waals surface area contributed by atoms with Crippen molar-refractivity contribution in [2.45, 2.75) is 32.5 Å². The summed E-state index contributed by atoms with van der Waals surface area (Å²) in [4.78, 5) is 18.1. The average molecular weight is 326 g/mol. The lowest BCUT2D eigenvalue weighted by Gasteiger charge is -2.15. The Morgan fingerprint density at radius 3 is 3.10 bits per heavy atom. The molecule has 3 rings (SSSR count). The second-order valence-electron chi connectivity index (χ2n) is 4.90. The van der Waals surface area contributed by atoms with E-state index in [9.17, 15) is 10.1 Å². The van der Waals surface area contributed by atoms with Crippen molar-refractivity contribution in [1.82, 2.24) is 4.98 Å². The lowest BCUT2D eigenvalue weighted by atomic mass is 10.2. The lowest BCUT2D eigenvalue weighted by Crippen LogP contribution is -2.32. The molecule has 1 atom stereocenters. The highest BCUT2D eigenvalue weighted by atomic mass is 35.5. The minimum absolute atomic E-state index is 0.143. The molecule has 1 aliphatic heterocycles. The molecule has 0 aliphatic carbocycles. The summed E-state index contributed by atoms with van der Waals surface area (Å²) in [5.41, 5.74) is 0.143. The van der Waals surface area contributed by atoms with Crippen molar-refractivity contribution in [2.24, 2.45) is 0 Å². The lowest BCUT2D eigenvalue weighted by molar-refractivity contribution is -0.676. The predicted octanol–water partition coefficient (Wildman–Crippen LogP) is 2.79. The van der Waals surface area contributed by atoms with Crippen LogP contribution in [0.2, 0.25) is 4.47 Å². The van der Waals surface area contributed by atoms with Crippen LogP contribution in [0.4, 0.5) is 11.5 Å². The Kier molecular flexibility index (Phi) is 3.77. The van der Waals surface area contributed by atoms with E-state index < -0.39 is 0 Å². The van der Waals surface area contributed by atoms with Gasteiger partial charge in [0.05, 0.1) is 16.0 Å². The predicted molar refractivity (Wildman–Crippen MR) is 80.7 cm³/mol. The molecule has 21 heavy (non-hydrogen) atoms. The number of halogens is 1. The topological polar surface area (TPSA) is 63.1 Å². The number of anilines is 1. The van der Waals surface area contributed by atoms with Gasteiger partial charge in [0.1, 0.15) is 19.1 Å². The molecule has 0 spiro atoms. The Hall–Kier alpha value is -1.73. The fourth-order valence-corrected chi connectivity index (χ4v) is 3.69. The molecule has 0 aromatic carbocycles. The summed E-state index contributed by atoms with van der Waals surface area (Å²) in [7, 11) is 0. The maximum atomic E-state index is 11.3. The van der Waals surface area contributed by atoms with Crippen LogP contribution in [0.15, 0.2) is 24.5 Å². The Morgan fingerprint density at radius 1 is 1.67 bits per heavy atom. The number of fused-ring (bicyclic) bond motifs is 1. The highest BCUT2D eigenvalue weighted by Gasteiger charge is 2.42. The van der Waals surface area contributed by atoms with Crippen LogP contribution in [0, 0.1) is 10.1 Å². The highest BCUT2D eigenvalue weighted by Crippen LogP contribution is 2.33. The molecule has 3 heterocycles. The first kappa shape index (κ1) is 14.2. The minimum atomic E-state index is -0.323. The van der Waals surface area contributed by atoms with Crippen LogP contribution in [0.5, 0.6) is 0 Å². The van der Waals surface area contributed by atoms with Gasteiger partial charge in [-0.25, -0.2) is 14.5 Å². The summed E-state index contributed by atoms with van der Waals surface area (Å²) in [5.74, 6) is 0.666. The zero-order chi connectivity index (χ0) is 15.0. The van der Waals surface area contributed by atoms with Gasteiger partial charge in [-0.05, 0) is 12.5 Å². The molecule has 0 bridgehead atoms. The van der Waals surface area contributed by atoms with Gasteiger partial charge in [0.25, 0.3) is 0 Å². The number of rotatable bonds is 4. The molecule has 0 fully saturated rings. The molecule has 2 aromatic heterocycles. The third-order valence-electron chi connectivity index (χ3n) is 3.66. The van der Waals surface area contributed by atoms with Crippen LogP contribution in [0.3, 0.4) is 0 Å². The number of nitro groups is 1. The van der Waals surface area contributed by atoms with Gasteiger partial charge in [-0.15, -0.1) is 11.3 Å². The van der Waals surface area contributed by atoms with E-state index in [1.54, 1.807) is 18.3 Å². The van der Waals surface area contributed by atoms with Crippen molar-refractivity contribution in [3.63, 3.8) is 0 Å². The Morgan fingerprint density at radius 2 is 2.48 bits per heavy atom. The van der Waals surface area contributed by atoms with E-state index in [1.165, 1.54) is 11.3 Å². The molecule has 6 nitrogen and oxygen atoms in total. The normalized spacial score (nSPS) is 17.0. The Balaban J connectivity index is 2.01. The molecule has 0 radical (unpaired) electrons. The van der Waals surface area contributed by atoms with Crippen LogP contribution >= 0.6 is 22.9 Å². The van der Waals surface area contributed by atoms with E-state index in [-0.39, 0.29) is 16.7 Å². The summed E-state index contributed by atoms with van der Waals surface area (Å²) in [6, 6.07) is 3.52. The first-order valence-corrected chi connectivity index (χ1v) is 7.83. The summed E-state index contributed by atoms with van der Waals surface area (Å²) in [6.45, 7) is 3.45. The van der Waals surface area contributed by atoms with Crippen LogP contribution in [0.1, 0.15) is 18.2 Å². The second-order valence-corrected chi connectivity index (χ2v) is 6.59. The van der Waals surface area contributed by atoms with Crippen molar-refractivity contribution < 1.29 is 9.49 Å². The molecular formula is C13H14ClN4O2S+. The first-order chi connectivity index (χ1) is 10.1. The monoisotopic (exact) mass is 325 g/mol. The molecule has 2 aromatic rings. The molecule has 1 aliphatic rings. The molecule has 0 saturated carbocycles. The molecule has 1 unspecified atom stereocenters. The zero-order valence-corrected chi connectivity index (χ0v) is 13.0. The number of thiazole rings is 1. The number of hydrogen-bond acceptors (Lipinski definition) is 5. The van der Waals surface area contributed by atoms with Gasteiger partial charge in [0, 0.05) is 12.3 Å². The van der Waals surface area contributed by atoms with Crippen molar-refractivity contribution in [3.8, 4) is 0 Å². The zero-order valence-electron chi connectivity index (χ0n) is 11.4. The van der Waals surface area contributed by atoms with E-state index in [4.69, 9.17) is 11.6 Å². The Labute approximate surface area is 130 Å². The maximum Gasteiger partial charge on any atom is 0.357 e. The van der Waals surface area contributed by atoms with E-state index in [0.717, 1.165) is 17.8 Å². The van der Waals surface area contributed by atoms with Crippen LogP contribution in [-0.4, -0.2) is 15.9 Å². The van der Waals surface area contributed by atoms with Crippen molar-refractivity contribution >= 4 is 34.4 Å². The molecule has 0 amide bonds. The number of nitrogens with zero attached hydrogens (tertiary/aromatic N) is 4. The van der Waals surface area contributed by atoms with E-state index in [0.29, 0.717) is 16.8 Å². The highest BCUT2D eigenvalue weighted by molar-refractivity contribution is 7.15. The second kappa shape index (κ2) is 5.57. The summed E-state index contributed by atoms with van der Waals surface area (Å²) >= 11 is 7.28. The smallest absolute Gasteiger partial charge is 0.258 e. The van der Waals surface area contributed by atoms with Crippen molar-refractivity contribution in [2.75, 3.05) is 4.90 Å². The van der Waals surface area contributed by atoms with Gasteiger partial charge in [-0.3, -0.25) is 10.1 Å². The fraction of sp³-hybridized carbons (Fsp3) is 0.385. The largest absolute Gasteiger partial charge is 0.357 e. The minimum Gasteiger partial charge on any atom is -0.258 e. The third kappa shape index (κ3) is 2.58. The third-order valence-corrected chi connectivity index (χ3v) is 4.76. The van der Waals surface area contributed by atoms with E-state index >= 15 is 0 Å². The summed E-state index contributed by atoms with van der Waals surface area (Å²) < 4.78 is 2.45. The van der Waals surface area contributed by atoms with E-state index in [2.05, 4.69) is 16.8 Å². The maximum absolute atomic E-state index is 11.3. The molecular weight excluding hydrogens is 312 g/mol. The SMILES string of the molecule is CCC1C[n+]2cccc([N+](=O)[O-])c2N1Cc1cnc(Cl)s1. The standard InChI is InChI=1S/C13H14ClN4O2S/c1-2-9-7-16-5-3-4-11(18(19)20)12(16)17(9)8-10-6-15-13(14)21-10/h3-6,9H,2,7-8H2,1H3/q+1. The summed E-state index contributed by atoms with van der Waals surface area (Å²) in [6.07, 6.45) is 4.55. The van der Waals surface area contributed by atoms with Crippen LogP contribution < -0.4 is 9.47 Å². The number of aromatic nitrogens is 2. The molecule has 110 valence electrons. The van der Waals surface area contributed by atoms with Gasteiger partial charge < -0.3 is 0 Å². The van der Waals surface area contributed by atoms with Gasteiger partial charge in [0.2, 0.25) is 0 Å².